The molecule has 1 aromatic carbocycles. The molecular weight excluding hydrogens is 442 g/mol. The van der Waals surface area contributed by atoms with Crippen LogP contribution in [0.2, 0.25) is 0 Å². The first-order valence-electron chi connectivity index (χ1n) is 9.42. The summed E-state index contributed by atoms with van der Waals surface area (Å²) < 4.78 is 0. The SMILES string of the molecule is O=C(O)C(=O)O.O=C(O)C(=O)O.O=C(c1ccc(CCN2CCCC2)cc1)c1ccsc1. The highest BCUT2D eigenvalue weighted by Crippen LogP contribution is 2.15. The van der Waals surface area contributed by atoms with Crippen molar-refractivity contribution in [1.29, 1.82) is 0 Å². The number of ketones is 1. The van der Waals surface area contributed by atoms with Crippen molar-refractivity contribution in [3.8, 4) is 0 Å². The lowest BCUT2D eigenvalue weighted by Crippen LogP contribution is -2.21. The second-order valence-corrected chi connectivity index (χ2v) is 7.34. The Labute approximate surface area is 187 Å². The number of thiophene rings is 1. The molecule has 11 heteroatoms. The van der Waals surface area contributed by atoms with Crippen LogP contribution in [0.15, 0.2) is 41.1 Å². The van der Waals surface area contributed by atoms with Crippen molar-refractivity contribution in [3.63, 3.8) is 0 Å². The van der Waals surface area contributed by atoms with Crippen LogP contribution in [0.4, 0.5) is 0 Å². The number of carboxylic acids is 4. The van der Waals surface area contributed by atoms with E-state index in [1.165, 1.54) is 31.5 Å². The lowest BCUT2D eigenvalue weighted by Gasteiger charge is -2.14. The van der Waals surface area contributed by atoms with Crippen molar-refractivity contribution >= 4 is 41.0 Å². The molecule has 0 radical (unpaired) electrons. The summed E-state index contributed by atoms with van der Waals surface area (Å²) in [5.74, 6) is -7.17. The van der Waals surface area contributed by atoms with Gasteiger partial charge >= 0.3 is 23.9 Å². The second kappa shape index (κ2) is 13.7. The predicted octanol–water partition coefficient (Wildman–Crippen LogP) is 1.93. The van der Waals surface area contributed by atoms with E-state index in [-0.39, 0.29) is 5.78 Å². The molecule has 1 fully saturated rings. The highest BCUT2D eigenvalue weighted by molar-refractivity contribution is 7.08. The van der Waals surface area contributed by atoms with Gasteiger partial charge in [-0.25, -0.2) is 19.2 Å². The molecule has 0 amide bonds. The maximum atomic E-state index is 12.2. The van der Waals surface area contributed by atoms with Gasteiger partial charge in [0.1, 0.15) is 0 Å². The molecule has 172 valence electrons. The van der Waals surface area contributed by atoms with Gasteiger partial charge in [0.05, 0.1) is 0 Å². The summed E-state index contributed by atoms with van der Waals surface area (Å²) >= 11 is 1.56. The van der Waals surface area contributed by atoms with Gasteiger partial charge in [0.2, 0.25) is 0 Å². The zero-order valence-electron chi connectivity index (χ0n) is 17.0. The Morgan fingerprint density at radius 3 is 1.66 bits per heavy atom. The molecule has 0 saturated carbocycles. The number of benzene rings is 1. The lowest BCUT2D eigenvalue weighted by atomic mass is 10.0. The van der Waals surface area contributed by atoms with Crippen molar-refractivity contribution in [2.75, 3.05) is 19.6 Å². The molecule has 0 spiro atoms. The molecule has 0 aliphatic carbocycles. The van der Waals surface area contributed by atoms with Crippen LogP contribution in [0.5, 0.6) is 0 Å². The van der Waals surface area contributed by atoms with Crippen LogP contribution in [0, 0.1) is 0 Å². The topological polar surface area (TPSA) is 170 Å². The van der Waals surface area contributed by atoms with Crippen LogP contribution < -0.4 is 0 Å². The van der Waals surface area contributed by atoms with E-state index in [0.717, 1.165) is 24.1 Å². The molecule has 32 heavy (non-hydrogen) atoms. The number of hydrogen-bond acceptors (Lipinski definition) is 7. The number of rotatable bonds is 5. The van der Waals surface area contributed by atoms with Crippen LogP contribution in [-0.4, -0.2) is 74.6 Å². The molecule has 2 aromatic rings. The maximum absolute atomic E-state index is 12.2. The summed E-state index contributed by atoms with van der Waals surface area (Å²) in [5, 5.41) is 33.4. The molecule has 1 aliphatic heterocycles. The highest BCUT2D eigenvalue weighted by Gasteiger charge is 2.12. The van der Waals surface area contributed by atoms with Crippen molar-refractivity contribution in [1.82, 2.24) is 4.90 Å². The minimum Gasteiger partial charge on any atom is -0.473 e. The van der Waals surface area contributed by atoms with E-state index >= 15 is 0 Å². The van der Waals surface area contributed by atoms with Gasteiger partial charge in [-0.1, -0.05) is 24.3 Å². The second-order valence-electron chi connectivity index (χ2n) is 6.56. The quantitative estimate of drug-likeness (QED) is 0.378. The molecular formula is C21H23NO9S. The maximum Gasteiger partial charge on any atom is 0.414 e. The van der Waals surface area contributed by atoms with Crippen LogP contribution in [0.1, 0.15) is 34.3 Å². The fourth-order valence-electron chi connectivity index (χ4n) is 2.68. The largest absolute Gasteiger partial charge is 0.473 e. The summed E-state index contributed by atoms with van der Waals surface area (Å²) in [6.07, 6.45) is 3.76. The Morgan fingerprint density at radius 1 is 0.750 bits per heavy atom. The molecule has 1 aliphatic rings. The summed E-state index contributed by atoms with van der Waals surface area (Å²) in [7, 11) is 0. The average Bonchev–Trinajstić information content (AvgIpc) is 3.47. The fourth-order valence-corrected chi connectivity index (χ4v) is 3.31. The normalized spacial score (nSPS) is 12.5. The number of likely N-dealkylation sites (tertiary alicyclic amines) is 1. The Kier molecular flexibility index (Phi) is 11.3. The Hall–Kier alpha value is -3.57. The third kappa shape index (κ3) is 9.96. The molecule has 1 aromatic heterocycles. The first-order chi connectivity index (χ1) is 15.1. The molecule has 2 heterocycles. The fraction of sp³-hybridized carbons (Fsp3) is 0.286. The van der Waals surface area contributed by atoms with Crippen LogP contribution in [0.3, 0.4) is 0 Å². The lowest BCUT2D eigenvalue weighted by molar-refractivity contribution is -0.159. The van der Waals surface area contributed by atoms with Gasteiger partial charge in [0.25, 0.3) is 0 Å². The van der Waals surface area contributed by atoms with Gasteiger partial charge in [0.15, 0.2) is 5.78 Å². The van der Waals surface area contributed by atoms with Gasteiger partial charge in [0, 0.05) is 23.1 Å². The predicted molar refractivity (Wildman–Crippen MR) is 114 cm³/mol. The summed E-state index contributed by atoms with van der Waals surface area (Å²) in [6.45, 7) is 3.63. The third-order valence-electron chi connectivity index (χ3n) is 4.28. The molecule has 1 saturated heterocycles. The van der Waals surface area contributed by atoms with Gasteiger partial charge in [-0.2, -0.15) is 11.3 Å². The molecule has 10 nitrogen and oxygen atoms in total. The Balaban J connectivity index is 0.000000355. The van der Waals surface area contributed by atoms with Gasteiger partial charge in [-0.05, 0) is 49.4 Å². The van der Waals surface area contributed by atoms with E-state index in [1.807, 2.05) is 29.0 Å². The monoisotopic (exact) mass is 465 g/mol. The van der Waals surface area contributed by atoms with E-state index < -0.39 is 23.9 Å². The van der Waals surface area contributed by atoms with E-state index in [1.54, 1.807) is 11.3 Å². The molecule has 3 rings (SSSR count). The summed E-state index contributed by atoms with van der Waals surface area (Å²) in [6, 6.07) is 9.98. The van der Waals surface area contributed by atoms with E-state index in [0.29, 0.717) is 0 Å². The number of carbonyl (C=O) groups excluding carboxylic acids is 1. The summed E-state index contributed by atoms with van der Waals surface area (Å²) in [5.41, 5.74) is 2.90. The Morgan fingerprint density at radius 2 is 1.25 bits per heavy atom. The number of aliphatic carboxylic acids is 4. The molecule has 0 bridgehead atoms. The number of carbonyl (C=O) groups is 5. The first-order valence-corrected chi connectivity index (χ1v) is 10.4. The molecule has 4 N–H and O–H groups in total. The summed E-state index contributed by atoms with van der Waals surface area (Å²) in [4.78, 5) is 51.1. The number of hydrogen-bond donors (Lipinski definition) is 4. The zero-order valence-corrected chi connectivity index (χ0v) is 17.8. The standard InChI is InChI=1S/C17H19NOS.2C2H2O4/c19-17(16-8-12-20-13-16)15-5-3-14(4-6-15)7-11-18-9-1-2-10-18;2*3-1(4)2(5)6/h3-6,8,12-13H,1-2,7,9-11H2;2*(H,3,4)(H,5,6). The first kappa shape index (κ1) is 26.5. The zero-order chi connectivity index (χ0) is 24.1. The Bertz CT molecular complexity index is 869. The van der Waals surface area contributed by atoms with Crippen molar-refractivity contribution < 1.29 is 44.4 Å². The van der Waals surface area contributed by atoms with Crippen molar-refractivity contribution in [2.24, 2.45) is 0 Å². The van der Waals surface area contributed by atoms with E-state index in [4.69, 9.17) is 39.6 Å². The van der Waals surface area contributed by atoms with Crippen LogP contribution in [-0.2, 0) is 25.6 Å². The molecule has 0 unspecified atom stereocenters. The number of nitrogens with zero attached hydrogens (tertiary/aromatic N) is 1. The van der Waals surface area contributed by atoms with Gasteiger partial charge < -0.3 is 25.3 Å². The number of carboxylic acid groups (broad SMARTS) is 4. The highest BCUT2D eigenvalue weighted by atomic mass is 32.1. The minimum atomic E-state index is -1.82. The third-order valence-corrected chi connectivity index (χ3v) is 4.96. The van der Waals surface area contributed by atoms with Gasteiger partial charge in [-0.15, -0.1) is 0 Å². The van der Waals surface area contributed by atoms with Crippen LogP contribution in [0.25, 0.3) is 0 Å². The smallest absolute Gasteiger partial charge is 0.414 e. The van der Waals surface area contributed by atoms with E-state index in [2.05, 4.69) is 17.0 Å². The van der Waals surface area contributed by atoms with Crippen molar-refractivity contribution in [2.45, 2.75) is 19.3 Å². The minimum absolute atomic E-state index is 0.123. The average molecular weight is 465 g/mol. The van der Waals surface area contributed by atoms with Crippen molar-refractivity contribution in [3.05, 3.63) is 57.8 Å². The molecule has 0 atom stereocenters. The van der Waals surface area contributed by atoms with Crippen LogP contribution >= 0.6 is 11.3 Å². The van der Waals surface area contributed by atoms with E-state index in [9.17, 15) is 4.79 Å². The van der Waals surface area contributed by atoms with Gasteiger partial charge in [-0.3, -0.25) is 4.79 Å².